The molecule has 4 saturated heterocycles. The highest BCUT2D eigenvalue weighted by Gasteiger charge is 2.45. The Morgan fingerprint density at radius 1 is 0.938 bits per heavy atom. The van der Waals surface area contributed by atoms with Crippen molar-refractivity contribution in [1.29, 1.82) is 0 Å². The molecule has 48 heavy (non-hydrogen) atoms. The number of rotatable bonds is 7. The molecule has 0 spiro atoms. The number of likely N-dealkylation sites (N-methyl/N-ethyl adjacent to an activating group) is 1. The van der Waals surface area contributed by atoms with Gasteiger partial charge in [-0.05, 0) is 87.7 Å². The number of carbonyl (C=O) groups is 3. The quantitative estimate of drug-likeness (QED) is 0.426. The van der Waals surface area contributed by atoms with Gasteiger partial charge in [-0.25, -0.2) is 4.79 Å². The first-order valence-corrected chi connectivity index (χ1v) is 18.2. The van der Waals surface area contributed by atoms with Gasteiger partial charge in [0.2, 0.25) is 11.8 Å². The number of hydrogen-bond donors (Lipinski definition) is 2. The summed E-state index contributed by atoms with van der Waals surface area (Å²) < 4.78 is 0. The number of benzene rings is 2. The largest absolute Gasteiger partial charge is 0.397 e. The van der Waals surface area contributed by atoms with Crippen molar-refractivity contribution in [3.05, 3.63) is 58.1 Å². The van der Waals surface area contributed by atoms with E-state index in [-0.39, 0.29) is 30.3 Å². The SMILES string of the molecule is Cc1cc(C[C@@H](CC(=O)N2CCC(N3CCc4ccccc4NC3=O)CC2)C(=O)N2CCC(N3CC4CC3CN4C)CC2)cc(Cl)c1N. The van der Waals surface area contributed by atoms with Crippen LogP contribution in [0.4, 0.5) is 16.2 Å². The minimum absolute atomic E-state index is 0.00452. The van der Waals surface area contributed by atoms with E-state index in [9.17, 15) is 14.4 Å². The van der Waals surface area contributed by atoms with Crippen LogP contribution >= 0.6 is 11.6 Å². The molecule has 4 amide bonds. The average molecular weight is 676 g/mol. The van der Waals surface area contributed by atoms with Crippen LogP contribution < -0.4 is 11.1 Å². The summed E-state index contributed by atoms with van der Waals surface area (Å²) in [6.07, 6.45) is 6.08. The molecule has 2 unspecified atom stereocenters. The van der Waals surface area contributed by atoms with E-state index in [1.165, 1.54) is 6.42 Å². The molecule has 258 valence electrons. The molecule has 2 aromatic carbocycles. The first-order valence-electron chi connectivity index (χ1n) is 17.9. The van der Waals surface area contributed by atoms with Crippen LogP contribution in [0.15, 0.2) is 36.4 Å². The Morgan fingerprint density at radius 2 is 1.65 bits per heavy atom. The Labute approximate surface area is 289 Å². The van der Waals surface area contributed by atoms with Crippen LogP contribution in [0.5, 0.6) is 0 Å². The molecule has 0 radical (unpaired) electrons. The maximum absolute atomic E-state index is 14.2. The monoisotopic (exact) mass is 675 g/mol. The number of para-hydroxylation sites is 1. The lowest BCUT2D eigenvalue weighted by molar-refractivity contribution is -0.143. The summed E-state index contributed by atoms with van der Waals surface area (Å²) in [5.74, 6) is -0.409. The Morgan fingerprint density at radius 3 is 2.33 bits per heavy atom. The van der Waals surface area contributed by atoms with E-state index >= 15 is 0 Å². The lowest BCUT2D eigenvalue weighted by atomic mass is 9.91. The third kappa shape index (κ3) is 6.76. The van der Waals surface area contributed by atoms with Crippen molar-refractivity contribution < 1.29 is 14.4 Å². The van der Waals surface area contributed by atoms with Crippen molar-refractivity contribution in [2.45, 2.75) is 82.5 Å². The molecule has 10 nitrogen and oxygen atoms in total. The van der Waals surface area contributed by atoms with Gasteiger partial charge in [-0.1, -0.05) is 35.9 Å². The van der Waals surface area contributed by atoms with E-state index in [4.69, 9.17) is 17.3 Å². The van der Waals surface area contributed by atoms with Crippen LogP contribution in [0.2, 0.25) is 5.02 Å². The number of nitrogen functional groups attached to an aromatic ring is 1. The fourth-order valence-corrected chi connectivity index (χ4v) is 9.29. The molecule has 2 aromatic rings. The van der Waals surface area contributed by atoms with Gasteiger partial charge in [0.1, 0.15) is 0 Å². The first kappa shape index (κ1) is 33.2. The van der Waals surface area contributed by atoms with Gasteiger partial charge in [-0.2, -0.15) is 0 Å². The summed E-state index contributed by atoms with van der Waals surface area (Å²) in [6, 6.07) is 13.7. The highest BCUT2D eigenvalue weighted by molar-refractivity contribution is 6.33. The van der Waals surface area contributed by atoms with Crippen molar-refractivity contribution in [2.75, 3.05) is 63.9 Å². The molecule has 3 N–H and O–H groups in total. The Hall–Kier alpha value is -3.34. The number of hydrogen-bond acceptors (Lipinski definition) is 6. The number of nitrogens with one attached hydrogen (secondary N) is 1. The fourth-order valence-electron chi connectivity index (χ4n) is 9.00. The molecule has 0 saturated carbocycles. The Bertz CT molecular complexity index is 1510. The van der Waals surface area contributed by atoms with E-state index in [0.29, 0.717) is 54.9 Å². The Kier molecular flexibility index (Phi) is 9.59. The Balaban J connectivity index is 0.983. The number of halogens is 1. The zero-order valence-corrected chi connectivity index (χ0v) is 29.1. The normalized spacial score (nSPS) is 24.8. The number of nitrogens with two attached hydrogens (primary N) is 1. The number of piperidine rings is 2. The third-order valence-corrected chi connectivity index (χ3v) is 12.2. The van der Waals surface area contributed by atoms with Gasteiger partial charge in [0, 0.05) is 82.1 Å². The molecule has 7 rings (SSSR count). The molecule has 0 aliphatic carbocycles. The summed E-state index contributed by atoms with van der Waals surface area (Å²) in [5.41, 5.74) is 10.5. The highest BCUT2D eigenvalue weighted by atomic mass is 35.5. The lowest BCUT2D eigenvalue weighted by Crippen LogP contribution is -2.54. The van der Waals surface area contributed by atoms with E-state index in [1.807, 2.05) is 52.0 Å². The van der Waals surface area contributed by atoms with Crippen molar-refractivity contribution in [3.8, 4) is 0 Å². The van der Waals surface area contributed by atoms with E-state index in [1.54, 1.807) is 0 Å². The van der Waals surface area contributed by atoms with Crippen LogP contribution in [-0.2, 0) is 22.4 Å². The van der Waals surface area contributed by atoms with Crippen LogP contribution in [-0.4, -0.2) is 119 Å². The maximum atomic E-state index is 14.2. The minimum atomic E-state index is -0.475. The summed E-state index contributed by atoms with van der Waals surface area (Å²) in [5, 5.41) is 3.56. The van der Waals surface area contributed by atoms with Crippen LogP contribution in [0.1, 0.15) is 55.2 Å². The van der Waals surface area contributed by atoms with Crippen LogP contribution in [0.3, 0.4) is 0 Å². The number of piperazine rings is 1. The van der Waals surface area contributed by atoms with E-state index < -0.39 is 5.92 Å². The second-order valence-corrected chi connectivity index (χ2v) is 15.2. The average Bonchev–Trinajstić information content (AvgIpc) is 3.62. The maximum Gasteiger partial charge on any atom is 0.322 e. The number of anilines is 2. The van der Waals surface area contributed by atoms with Crippen molar-refractivity contribution in [2.24, 2.45) is 5.92 Å². The van der Waals surface area contributed by atoms with Gasteiger partial charge in [-0.3, -0.25) is 14.5 Å². The molecule has 5 aliphatic rings. The van der Waals surface area contributed by atoms with Gasteiger partial charge in [0.15, 0.2) is 0 Å². The molecule has 5 heterocycles. The summed E-state index contributed by atoms with van der Waals surface area (Å²) in [6.45, 7) is 7.48. The van der Waals surface area contributed by atoms with Crippen molar-refractivity contribution >= 4 is 40.8 Å². The number of nitrogens with zero attached hydrogens (tertiary/aromatic N) is 5. The standard InChI is InChI=1S/C37H50ClN7O3/c1-24-17-25(19-32(38)35(24)39)18-27(36(47)43-14-10-29(11-15-43)45-23-30-21-31(45)22-41(30)2)20-34(46)42-12-8-28(9-13-42)44-16-7-26-5-3-4-6-33(26)40-37(44)48/h3-6,17,19,27-31H,7-16,18,20-23,39H2,1-2H3,(H,40,48)/t27-,30?,31?/m0/s1. The van der Waals surface area contributed by atoms with E-state index in [0.717, 1.165) is 80.7 Å². The topological polar surface area (TPSA) is 105 Å². The molecular formula is C37H50ClN7O3. The highest BCUT2D eigenvalue weighted by Crippen LogP contribution is 2.34. The molecule has 0 aromatic heterocycles. The lowest BCUT2D eigenvalue weighted by Gasteiger charge is -2.42. The second-order valence-electron chi connectivity index (χ2n) is 14.8. The molecular weight excluding hydrogens is 626 g/mol. The number of carbonyl (C=O) groups excluding carboxylic acids is 3. The third-order valence-electron chi connectivity index (χ3n) is 11.9. The van der Waals surface area contributed by atoms with Crippen LogP contribution in [0.25, 0.3) is 0 Å². The van der Waals surface area contributed by atoms with Crippen molar-refractivity contribution in [3.63, 3.8) is 0 Å². The number of fused-ring (bicyclic) bond motifs is 3. The van der Waals surface area contributed by atoms with Gasteiger partial charge < -0.3 is 30.7 Å². The van der Waals surface area contributed by atoms with Gasteiger partial charge in [0.05, 0.1) is 16.6 Å². The van der Waals surface area contributed by atoms with Crippen molar-refractivity contribution in [1.82, 2.24) is 24.5 Å². The zero-order chi connectivity index (χ0) is 33.5. The fraction of sp³-hybridized carbons (Fsp3) is 0.595. The van der Waals surface area contributed by atoms with Gasteiger partial charge >= 0.3 is 6.03 Å². The van der Waals surface area contributed by atoms with Gasteiger partial charge in [0.25, 0.3) is 0 Å². The number of amides is 4. The smallest absolute Gasteiger partial charge is 0.322 e. The number of likely N-dealkylation sites (tertiary alicyclic amines) is 4. The number of aryl methyl sites for hydroxylation is 1. The molecule has 4 fully saturated rings. The van der Waals surface area contributed by atoms with Gasteiger partial charge in [-0.15, -0.1) is 0 Å². The molecule has 3 atom stereocenters. The first-order chi connectivity index (χ1) is 23.1. The molecule has 11 heteroatoms. The minimum Gasteiger partial charge on any atom is -0.397 e. The predicted molar refractivity (Wildman–Crippen MR) is 189 cm³/mol. The molecule has 2 bridgehead atoms. The predicted octanol–water partition coefficient (Wildman–Crippen LogP) is 4.24. The number of urea groups is 1. The van der Waals surface area contributed by atoms with Crippen LogP contribution in [0, 0.1) is 12.8 Å². The summed E-state index contributed by atoms with van der Waals surface area (Å²) in [7, 11) is 2.23. The molecule has 5 aliphatic heterocycles. The second kappa shape index (κ2) is 13.9. The summed E-state index contributed by atoms with van der Waals surface area (Å²) >= 11 is 6.46. The van der Waals surface area contributed by atoms with E-state index in [2.05, 4.69) is 28.2 Å². The zero-order valence-electron chi connectivity index (χ0n) is 28.4. The summed E-state index contributed by atoms with van der Waals surface area (Å²) in [4.78, 5) is 52.2.